The predicted octanol–water partition coefficient (Wildman–Crippen LogP) is 3.29. The van der Waals surface area contributed by atoms with Crippen LogP contribution in [0.5, 0.6) is 11.5 Å². The number of benzene rings is 3. The van der Waals surface area contributed by atoms with Gasteiger partial charge in [-0.1, -0.05) is 36.4 Å². The number of amides is 2. The molecule has 0 fully saturated rings. The number of rotatable bonds is 3. The van der Waals surface area contributed by atoms with Crippen molar-refractivity contribution in [2.45, 2.75) is 5.92 Å². The monoisotopic (exact) mass is 389 g/mol. The molecular weight excluding hydrogens is 374 g/mol. The number of carbonyl (C=O) groups is 2. The number of para-hydroxylation sites is 2. The SMILES string of the molecule is O=C(NNC(=O)C1c2ccccc2Oc2ccccc21)c1ccc([N+](=O)[O-])cc1. The Morgan fingerprint density at radius 2 is 1.38 bits per heavy atom. The van der Waals surface area contributed by atoms with Crippen LogP contribution in [0.3, 0.4) is 0 Å². The number of hydrogen-bond donors (Lipinski definition) is 2. The van der Waals surface area contributed by atoms with Crippen molar-refractivity contribution in [3.05, 3.63) is 99.6 Å². The molecule has 0 radical (unpaired) electrons. The van der Waals surface area contributed by atoms with Crippen molar-refractivity contribution in [3.63, 3.8) is 0 Å². The Morgan fingerprint density at radius 1 is 0.828 bits per heavy atom. The molecule has 0 atom stereocenters. The van der Waals surface area contributed by atoms with Gasteiger partial charge in [0, 0.05) is 28.8 Å². The third-order valence-electron chi connectivity index (χ3n) is 4.58. The number of hydrogen-bond acceptors (Lipinski definition) is 5. The molecule has 8 heteroatoms. The fourth-order valence-corrected chi connectivity index (χ4v) is 3.19. The van der Waals surface area contributed by atoms with Crippen LogP contribution in [0.4, 0.5) is 5.69 Å². The Hall–Kier alpha value is -4.20. The molecule has 1 aliphatic heterocycles. The standard InChI is InChI=1S/C21H15N3O5/c25-20(13-9-11-14(12-10-13)24(27)28)22-23-21(26)19-15-5-1-3-7-17(15)29-18-8-4-2-6-16(18)19/h1-12,19H,(H,22,25)(H,23,26). The Morgan fingerprint density at radius 3 is 1.93 bits per heavy atom. The molecule has 3 aromatic carbocycles. The summed E-state index contributed by atoms with van der Waals surface area (Å²) in [5.41, 5.74) is 6.24. The largest absolute Gasteiger partial charge is 0.457 e. The van der Waals surface area contributed by atoms with E-state index in [-0.39, 0.29) is 11.3 Å². The van der Waals surface area contributed by atoms with Crippen LogP contribution in [-0.4, -0.2) is 16.7 Å². The minimum Gasteiger partial charge on any atom is -0.457 e. The zero-order valence-electron chi connectivity index (χ0n) is 15.0. The Balaban J connectivity index is 1.53. The maximum Gasteiger partial charge on any atom is 0.269 e. The number of hydrazine groups is 1. The van der Waals surface area contributed by atoms with Crippen molar-refractivity contribution in [1.29, 1.82) is 0 Å². The number of carbonyl (C=O) groups excluding carboxylic acids is 2. The van der Waals surface area contributed by atoms with E-state index in [1.54, 1.807) is 24.3 Å². The average Bonchev–Trinajstić information content (AvgIpc) is 2.75. The third-order valence-corrected chi connectivity index (χ3v) is 4.58. The number of nitrogens with one attached hydrogen (secondary N) is 2. The summed E-state index contributed by atoms with van der Waals surface area (Å²) in [6, 6.07) is 19.5. The van der Waals surface area contributed by atoms with E-state index in [4.69, 9.17) is 4.74 Å². The summed E-state index contributed by atoms with van der Waals surface area (Å²) >= 11 is 0. The van der Waals surface area contributed by atoms with Crippen LogP contribution in [0.2, 0.25) is 0 Å². The number of non-ortho nitro benzene ring substituents is 1. The van der Waals surface area contributed by atoms with Crippen molar-refractivity contribution < 1.29 is 19.2 Å². The van der Waals surface area contributed by atoms with Crippen LogP contribution >= 0.6 is 0 Å². The molecule has 0 spiro atoms. The van der Waals surface area contributed by atoms with E-state index >= 15 is 0 Å². The second-order valence-corrected chi connectivity index (χ2v) is 6.36. The molecular formula is C21H15N3O5. The maximum absolute atomic E-state index is 12.9. The molecule has 0 bridgehead atoms. The molecule has 144 valence electrons. The molecule has 29 heavy (non-hydrogen) atoms. The highest BCUT2D eigenvalue weighted by atomic mass is 16.6. The van der Waals surface area contributed by atoms with Crippen LogP contribution in [0.25, 0.3) is 0 Å². The van der Waals surface area contributed by atoms with Gasteiger partial charge in [-0.05, 0) is 24.3 Å². The first kappa shape index (κ1) is 18.2. The second-order valence-electron chi connectivity index (χ2n) is 6.36. The molecule has 1 aliphatic rings. The predicted molar refractivity (Wildman–Crippen MR) is 104 cm³/mol. The van der Waals surface area contributed by atoms with Gasteiger partial charge in [-0.25, -0.2) is 0 Å². The molecule has 8 nitrogen and oxygen atoms in total. The van der Waals surface area contributed by atoms with E-state index in [9.17, 15) is 19.7 Å². The lowest BCUT2D eigenvalue weighted by molar-refractivity contribution is -0.384. The van der Waals surface area contributed by atoms with E-state index in [0.29, 0.717) is 22.6 Å². The summed E-state index contributed by atoms with van der Waals surface area (Å²) in [6.07, 6.45) is 0. The summed E-state index contributed by atoms with van der Waals surface area (Å²) < 4.78 is 5.86. The van der Waals surface area contributed by atoms with Gasteiger partial charge in [0.2, 0.25) is 0 Å². The van der Waals surface area contributed by atoms with Gasteiger partial charge in [0.1, 0.15) is 11.5 Å². The first-order valence-electron chi connectivity index (χ1n) is 8.75. The van der Waals surface area contributed by atoms with Gasteiger partial charge in [-0.3, -0.25) is 30.6 Å². The summed E-state index contributed by atoms with van der Waals surface area (Å²) in [6.45, 7) is 0. The number of nitro benzene ring substituents is 1. The summed E-state index contributed by atoms with van der Waals surface area (Å²) in [5, 5.41) is 10.7. The Kier molecular flexibility index (Phi) is 4.66. The van der Waals surface area contributed by atoms with E-state index in [2.05, 4.69) is 10.9 Å². The van der Waals surface area contributed by atoms with Gasteiger partial charge < -0.3 is 4.74 Å². The molecule has 2 amide bonds. The van der Waals surface area contributed by atoms with Gasteiger partial charge in [0.05, 0.1) is 10.8 Å². The third kappa shape index (κ3) is 3.51. The minimum absolute atomic E-state index is 0.124. The highest BCUT2D eigenvalue weighted by Gasteiger charge is 2.32. The topological polar surface area (TPSA) is 111 Å². The van der Waals surface area contributed by atoms with Crippen LogP contribution in [0.1, 0.15) is 27.4 Å². The van der Waals surface area contributed by atoms with Crippen LogP contribution in [0.15, 0.2) is 72.8 Å². The van der Waals surface area contributed by atoms with Gasteiger partial charge in [0.15, 0.2) is 0 Å². The Bertz CT molecular complexity index is 1070. The van der Waals surface area contributed by atoms with E-state index in [1.807, 2.05) is 24.3 Å². The highest BCUT2D eigenvalue weighted by molar-refractivity contribution is 5.97. The highest BCUT2D eigenvalue weighted by Crippen LogP contribution is 2.43. The fourth-order valence-electron chi connectivity index (χ4n) is 3.19. The lowest BCUT2D eigenvalue weighted by Crippen LogP contribution is -2.44. The summed E-state index contributed by atoms with van der Waals surface area (Å²) in [5.74, 6) is -0.514. The van der Waals surface area contributed by atoms with Crippen molar-refractivity contribution >= 4 is 17.5 Å². The zero-order chi connectivity index (χ0) is 20.4. The molecule has 0 aliphatic carbocycles. The van der Waals surface area contributed by atoms with E-state index in [1.165, 1.54) is 24.3 Å². The van der Waals surface area contributed by atoms with Gasteiger partial charge >= 0.3 is 0 Å². The van der Waals surface area contributed by atoms with E-state index in [0.717, 1.165) is 0 Å². The van der Waals surface area contributed by atoms with Gasteiger partial charge in [0.25, 0.3) is 17.5 Å². The van der Waals surface area contributed by atoms with Crippen LogP contribution < -0.4 is 15.6 Å². The van der Waals surface area contributed by atoms with Crippen molar-refractivity contribution in [2.75, 3.05) is 0 Å². The summed E-state index contributed by atoms with van der Waals surface area (Å²) in [4.78, 5) is 35.4. The Labute approximate surface area is 165 Å². The van der Waals surface area contributed by atoms with E-state index < -0.39 is 22.7 Å². The molecule has 0 unspecified atom stereocenters. The number of nitrogens with zero attached hydrogens (tertiary/aromatic N) is 1. The zero-order valence-corrected chi connectivity index (χ0v) is 15.0. The van der Waals surface area contributed by atoms with Gasteiger partial charge in [-0.2, -0.15) is 0 Å². The van der Waals surface area contributed by atoms with Crippen LogP contribution in [-0.2, 0) is 4.79 Å². The first-order valence-corrected chi connectivity index (χ1v) is 8.75. The maximum atomic E-state index is 12.9. The van der Waals surface area contributed by atoms with Gasteiger partial charge in [-0.15, -0.1) is 0 Å². The molecule has 3 aromatic rings. The number of fused-ring (bicyclic) bond motifs is 2. The van der Waals surface area contributed by atoms with Crippen molar-refractivity contribution in [3.8, 4) is 11.5 Å². The molecule has 1 heterocycles. The van der Waals surface area contributed by atoms with Crippen LogP contribution in [0, 0.1) is 10.1 Å². The van der Waals surface area contributed by atoms with Crippen molar-refractivity contribution in [1.82, 2.24) is 10.9 Å². The first-order chi connectivity index (χ1) is 14.0. The number of ether oxygens (including phenoxy) is 1. The quantitative estimate of drug-likeness (QED) is 0.527. The molecule has 0 saturated heterocycles. The smallest absolute Gasteiger partial charge is 0.269 e. The molecule has 0 aromatic heterocycles. The number of nitro groups is 1. The summed E-state index contributed by atoms with van der Waals surface area (Å²) in [7, 11) is 0. The average molecular weight is 389 g/mol. The fraction of sp³-hybridized carbons (Fsp3) is 0.0476. The molecule has 4 rings (SSSR count). The second kappa shape index (κ2) is 7.43. The molecule has 0 saturated carbocycles. The van der Waals surface area contributed by atoms with Crippen molar-refractivity contribution in [2.24, 2.45) is 0 Å². The minimum atomic E-state index is -0.659. The normalized spacial score (nSPS) is 12.1. The lowest BCUT2D eigenvalue weighted by atomic mass is 9.87. The molecule has 2 N–H and O–H groups in total. The lowest BCUT2D eigenvalue weighted by Gasteiger charge is -2.27.